The van der Waals surface area contributed by atoms with Gasteiger partial charge in [-0.1, -0.05) is 53.8 Å². The summed E-state index contributed by atoms with van der Waals surface area (Å²) in [5, 5.41) is 0. The van der Waals surface area contributed by atoms with Crippen LogP contribution in [0, 0.1) is 5.82 Å². The molecule has 0 aliphatic heterocycles. The first-order valence-corrected chi connectivity index (χ1v) is 10.7. The van der Waals surface area contributed by atoms with Gasteiger partial charge in [0.25, 0.3) is 5.91 Å². The van der Waals surface area contributed by atoms with E-state index in [9.17, 15) is 17.6 Å². The Hall–Kier alpha value is -2.58. The van der Waals surface area contributed by atoms with E-state index < -0.39 is 27.3 Å². The van der Waals surface area contributed by atoms with Crippen LogP contribution in [0.3, 0.4) is 0 Å². The van der Waals surface area contributed by atoms with Gasteiger partial charge in [-0.15, -0.1) is 6.58 Å². The zero-order valence-electron chi connectivity index (χ0n) is 14.3. The zero-order chi connectivity index (χ0) is 19.4. The topological polar surface area (TPSA) is 68.5 Å². The van der Waals surface area contributed by atoms with Crippen molar-refractivity contribution in [3.05, 3.63) is 77.4 Å². The van der Waals surface area contributed by atoms with Crippen LogP contribution in [0.4, 0.5) is 4.39 Å². The normalized spacial score (nSPS) is 12.4. The maximum absolute atomic E-state index is 14.2. The molecule has 5 nitrogen and oxygen atoms in total. The summed E-state index contributed by atoms with van der Waals surface area (Å²) >= 11 is 1.13. The number of nitrogens with zero attached hydrogens (tertiary/aromatic N) is 2. The molecule has 0 bridgehead atoms. The molecule has 0 N–H and O–H groups in total. The number of amides is 1. The molecule has 3 rings (SSSR count). The minimum Gasteiger partial charge on any atom is -0.310 e. The molecule has 3 aromatic rings. The Morgan fingerprint density at radius 2 is 1.93 bits per heavy atom. The van der Waals surface area contributed by atoms with Crippen LogP contribution in [0.1, 0.15) is 5.56 Å². The van der Waals surface area contributed by atoms with Crippen molar-refractivity contribution in [2.75, 3.05) is 5.75 Å². The van der Waals surface area contributed by atoms with Crippen LogP contribution in [0.15, 0.2) is 66.2 Å². The number of hydrogen-bond acceptors (Lipinski definition) is 4. The van der Waals surface area contributed by atoms with E-state index >= 15 is 0 Å². The Morgan fingerprint density at radius 3 is 2.63 bits per heavy atom. The van der Waals surface area contributed by atoms with Crippen molar-refractivity contribution in [2.45, 2.75) is 12.3 Å². The van der Waals surface area contributed by atoms with E-state index in [-0.39, 0.29) is 17.1 Å². The SMILES string of the molecule is C=CCn1c(=NC(=O)CS(=O)(=O)Cc2ccccc2)sc2cccc(F)c21. The molecule has 0 aliphatic carbocycles. The Balaban J connectivity index is 1.92. The monoisotopic (exact) mass is 404 g/mol. The Kier molecular flexibility index (Phi) is 5.67. The van der Waals surface area contributed by atoms with Gasteiger partial charge in [-0.25, -0.2) is 12.8 Å². The molecule has 1 heterocycles. The summed E-state index contributed by atoms with van der Waals surface area (Å²) in [5.41, 5.74) is 0.928. The second-order valence-corrected chi connectivity index (χ2v) is 8.97. The first kappa shape index (κ1) is 19.2. The van der Waals surface area contributed by atoms with Crippen molar-refractivity contribution in [2.24, 2.45) is 4.99 Å². The van der Waals surface area contributed by atoms with E-state index in [0.29, 0.717) is 15.8 Å². The number of aromatic nitrogens is 1. The Morgan fingerprint density at radius 1 is 1.19 bits per heavy atom. The van der Waals surface area contributed by atoms with Crippen molar-refractivity contribution >= 4 is 37.3 Å². The van der Waals surface area contributed by atoms with Gasteiger partial charge >= 0.3 is 0 Å². The van der Waals surface area contributed by atoms with Gasteiger partial charge < -0.3 is 4.57 Å². The zero-order valence-corrected chi connectivity index (χ0v) is 16.0. The van der Waals surface area contributed by atoms with Crippen LogP contribution in [-0.4, -0.2) is 24.6 Å². The van der Waals surface area contributed by atoms with Gasteiger partial charge in [0, 0.05) is 6.54 Å². The van der Waals surface area contributed by atoms with Crippen molar-refractivity contribution < 1.29 is 17.6 Å². The van der Waals surface area contributed by atoms with E-state index in [0.717, 1.165) is 11.3 Å². The molecule has 2 aromatic carbocycles. The van der Waals surface area contributed by atoms with Crippen LogP contribution in [0.25, 0.3) is 10.2 Å². The molecule has 0 saturated heterocycles. The molecule has 1 aromatic heterocycles. The number of sulfone groups is 1. The molecule has 0 radical (unpaired) electrons. The van der Waals surface area contributed by atoms with Gasteiger partial charge in [0.15, 0.2) is 14.6 Å². The first-order valence-electron chi connectivity index (χ1n) is 8.10. The van der Waals surface area contributed by atoms with E-state index in [1.54, 1.807) is 48.5 Å². The highest BCUT2D eigenvalue weighted by atomic mass is 32.2. The van der Waals surface area contributed by atoms with Crippen molar-refractivity contribution in [3.63, 3.8) is 0 Å². The number of halogens is 1. The summed E-state index contributed by atoms with van der Waals surface area (Å²) in [5.74, 6) is -2.15. The van der Waals surface area contributed by atoms with E-state index in [1.165, 1.54) is 10.6 Å². The lowest BCUT2D eigenvalue weighted by molar-refractivity contribution is -0.115. The summed E-state index contributed by atoms with van der Waals surface area (Å²) in [6, 6.07) is 13.3. The third kappa shape index (κ3) is 4.58. The number of allylic oxidation sites excluding steroid dienone is 1. The van der Waals surface area contributed by atoms with Gasteiger partial charge in [0.05, 0.1) is 16.0 Å². The molecule has 8 heteroatoms. The Bertz CT molecular complexity index is 1160. The lowest BCUT2D eigenvalue weighted by Gasteiger charge is -2.03. The largest absolute Gasteiger partial charge is 0.310 e. The summed E-state index contributed by atoms with van der Waals surface area (Å²) in [7, 11) is -3.66. The van der Waals surface area contributed by atoms with Crippen molar-refractivity contribution in [1.82, 2.24) is 4.57 Å². The predicted octanol–water partition coefficient (Wildman–Crippen LogP) is 3.07. The second-order valence-electron chi connectivity index (χ2n) is 5.89. The predicted molar refractivity (Wildman–Crippen MR) is 104 cm³/mol. The van der Waals surface area contributed by atoms with Crippen LogP contribution < -0.4 is 4.80 Å². The maximum Gasteiger partial charge on any atom is 0.263 e. The number of thiazole rings is 1. The third-order valence-corrected chi connectivity index (χ3v) is 6.26. The molecule has 1 amide bonds. The molecule has 0 aliphatic rings. The average Bonchev–Trinajstić information content (AvgIpc) is 2.93. The quantitative estimate of drug-likeness (QED) is 0.593. The van der Waals surface area contributed by atoms with Crippen LogP contribution >= 0.6 is 11.3 Å². The van der Waals surface area contributed by atoms with Crippen LogP contribution in [-0.2, 0) is 26.9 Å². The van der Waals surface area contributed by atoms with Gasteiger partial charge in [-0.3, -0.25) is 4.79 Å². The van der Waals surface area contributed by atoms with E-state index in [4.69, 9.17) is 0 Å². The van der Waals surface area contributed by atoms with E-state index in [2.05, 4.69) is 11.6 Å². The van der Waals surface area contributed by atoms with Gasteiger partial charge in [-0.2, -0.15) is 4.99 Å². The fourth-order valence-corrected chi connectivity index (χ4v) is 4.99. The lowest BCUT2D eigenvalue weighted by Crippen LogP contribution is -2.21. The number of benzene rings is 2. The molecule has 0 atom stereocenters. The average molecular weight is 404 g/mol. The summed E-state index contributed by atoms with van der Waals surface area (Å²) in [4.78, 5) is 16.4. The number of hydrogen-bond donors (Lipinski definition) is 0. The van der Waals surface area contributed by atoms with Crippen LogP contribution in [0.5, 0.6) is 0 Å². The molecular formula is C19H17FN2O3S2. The number of fused-ring (bicyclic) bond motifs is 1. The highest BCUT2D eigenvalue weighted by Crippen LogP contribution is 2.20. The molecule has 0 fully saturated rings. The van der Waals surface area contributed by atoms with Crippen molar-refractivity contribution in [1.29, 1.82) is 0 Å². The number of rotatable bonds is 6. The third-order valence-electron chi connectivity index (χ3n) is 3.76. The van der Waals surface area contributed by atoms with Gasteiger partial charge in [0.1, 0.15) is 11.6 Å². The van der Waals surface area contributed by atoms with E-state index in [1.807, 2.05) is 0 Å². The highest BCUT2D eigenvalue weighted by Gasteiger charge is 2.18. The molecular weight excluding hydrogens is 387 g/mol. The standard InChI is InChI=1S/C19H17FN2O3S2/c1-2-11-22-18-15(20)9-6-10-16(18)26-19(22)21-17(23)13-27(24,25)12-14-7-4-3-5-8-14/h2-10H,1,11-13H2. The number of para-hydroxylation sites is 1. The summed E-state index contributed by atoms with van der Waals surface area (Å²) < 4.78 is 40.9. The number of carbonyl (C=O) groups excluding carboxylic acids is 1. The summed E-state index contributed by atoms with van der Waals surface area (Å²) in [6.45, 7) is 3.89. The first-order chi connectivity index (χ1) is 12.9. The number of carbonyl (C=O) groups is 1. The molecule has 140 valence electrons. The van der Waals surface area contributed by atoms with Crippen LogP contribution in [0.2, 0.25) is 0 Å². The van der Waals surface area contributed by atoms with Crippen molar-refractivity contribution in [3.8, 4) is 0 Å². The maximum atomic E-state index is 14.2. The molecule has 0 unspecified atom stereocenters. The van der Waals surface area contributed by atoms with Gasteiger partial charge in [-0.05, 0) is 17.7 Å². The fourth-order valence-electron chi connectivity index (χ4n) is 2.68. The summed E-state index contributed by atoms with van der Waals surface area (Å²) in [6.07, 6.45) is 1.56. The molecule has 0 spiro atoms. The smallest absolute Gasteiger partial charge is 0.263 e. The minimum atomic E-state index is -3.66. The Labute approximate surface area is 160 Å². The highest BCUT2D eigenvalue weighted by molar-refractivity contribution is 7.91. The minimum absolute atomic E-state index is 0.233. The molecule has 27 heavy (non-hydrogen) atoms. The second kappa shape index (κ2) is 7.98. The fraction of sp³-hybridized carbons (Fsp3) is 0.158. The lowest BCUT2D eigenvalue weighted by atomic mass is 10.2. The molecule has 0 saturated carbocycles. The van der Waals surface area contributed by atoms with Gasteiger partial charge in [0.2, 0.25) is 0 Å².